The number of aromatic hydroxyl groups is 2. The van der Waals surface area contributed by atoms with Crippen LogP contribution in [0.3, 0.4) is 0 Å². The number of ether oxygens (including phenoxy) is 2. The molecule has 1 unspecified atom stereocenters. The van der Waals surface area contributed by atoms with Crippen LogP contribution in [0.25, 0.3) is 0 Å². The molecule has 19 heavy (non-hydrogen) atoms. The highest BCUT2D eigenvalue weighted by atomic mass is 16.7. The van der Waals surface area contributed by atoms with Gasteiger partial charge in [-0.2, -0.15) is 0 Å². The molecule has 0 aliphatic carbocycles. The van der Waals surface area contributed by atoms with E-state index in [9.17, 15) is 10.2 Å². The summed E-state index contributed by atoms with van der Waals surface area (Å²) in [4.78, 5) is 0. The van der Waals surface area contributed by atoms with Crippen molar-refractivity contribution in [2.75, 3.05) is 13.2 Å². The van der Waals surface area contributed by atoms with Crippen LogP contribution < -0.4 is 5.32 Å². The Kier molecular flexibility index (Phi) is 4.63. The highest BCUT2D eigenvalue weighted by molar-refractivity contribution is 5.46. The first kappa shape index (κ1) is 14.1. The minimum absolute atomic E-state index is 0.0522. The van der Waals surface area contributed by atoms with Crippen LogP contribution in [0.15, 0.2) is 12.1 Å². The van der Waals surface area contributed by atoms with Crippen molar-refractivity contribution >= 4 is 0 Å². The van der Waals surface area contributed by atoms with Crippen molar-refractivity contribution in [3.8, 4) is 11.5 Å². The van der Waals surface area contributed by atoms with Gasteiger partial charge in [0.1, 0.15) is 0 Å². The molecule has 1 atom stereocenters. The summed E-state index contributed by atoms with van der Waals surface area (Å²) in [5.74, 6) is -0.158. The quantitative estimate of drug-likeness (QED) is 0.557. The number of phenols is 2. The minimum atomic E-state index is -0.293. The van der Waals surface area contributed by atoms with Crippen LogP contribution in [-0.4, -0.2) is 35.8 Å². The fraction of sp³-hybridized carbons (Fsp3) is 0.571. The fourth-order valence-corrected chi connectivity index (χ4v) is 2.37. The molecule has 0 radical (unpaired) electrons. The van der Waals surface area contributed by atoms with E-state index in [1.807, 2.05) is 13.8 Å². The summed E-state index contributed by atoms with van der Waals surface area (Å²) >= 11 is 0. The van der Waals surface area contributed by atoms with Crippen molar-refractivity contribution < 1.29 is 19.7 Å². The van der Waals surface area contributed by atoms with Gasteiger partial charge in [-0.3, -0.25) is 0 Å². The van der Waals surface area contributed by atoms with Gasteiger partial charge in [-0.1, -0.05) is 0 Å². The standard InChI is InChI=1S/C14H21NO4/c1-3-18-14(19-4-2)11-5-9-6-12(16)13(17)7-10(9)8-15-11/h6-7,11,14-17H,3-5,8H2,1-2H3. The average Bonchev–Trinajstić information content (AvgIpc) is 2.39. The highest BCUT2D eigenvalue weighted by Gasteiger charge is 2.27. The van der Waals surface area contributed by atoms with Gasteiger partial charge in [-0.05, 0) is 43.5 Å². The number of nitrogens with one attached hydrogen (secondary N) is 1. The molecule has 1 aromatic rings. The van der Waals surface area contributed by atoms with E-state index in [0.29, 0.717) is 26.2 Å². The molecular formula is C14H21NO4. The molecule has 0 aromatic heterocycles. The Bertz CT molecular complexity index is 430. The zero-order valence-electron chi connectivity index (χ0n) is 11.3. The topological polar surface area (TPSA) is 71.0 Å². The van der Waals surface area contributed by atoms with E-state index in [0.717, 1.165) is 11.1 Å². The maximum Gasteiger partial charge on any atom is 0.172 e. The smallest absolute Gasteiger partial charge is 0.172 e. The van der Waals surface area contributed by atoms with E-state index in [1.165, 1.54) is 0 Å². The number of rotatable bonds is 5. The Morgan fingerprint density at radius 3 is 2.32 bits per heavy atom. The molecule has 1 aromatic carbocycles. The van der Waals surface area contributed by atoms with Gasteiger partial charge < -0.3 is 25.0 Å². The molecule has 1 aliphatic rings. The normalized spacial score (nSPS) is 18.6. The first-order valence-electron chi connectivity index (χ1n) is 6.66. The lowest BCUT2D eigenvalue weighted by molar-refractivity contribution is -0.154. The third-order valence-electron chi connectivity index (χ3n) is 3.28. The maximum atomic E-state index is 9.57. The second-order valence-electron chi connectivity index (χ2n) is 4.58. The zero-order chi connectivity index (χ0) is 13.8. The van der Waals surface area contributed by atoms with Crippen molar-refractivity contribution in [2.45, 2.75) is 39.1 Å². The lowest BCUT2D eigenvalue weighted by Crippen LogP contribution is -2.46. The van der Waals surface area contributed by atoms with Gasteiger partial charge >= 0.3 is 0 Å². The molecule has 0 spiro atoms. The highest BCUT2D eigenvalue weighted by Crippen LogP contribution is 2.31. The van der Waals surface area contributed by atoms with E-state index in [4.69, 9.17) is 9.47 Å². The summed E-state index contributed by atoms with van der Waals surface area (Å²) in [7, 11) is 0. The maximum absolute atomic E-state index is 9.57. The molecule has 5 nitrogen and oxygen atoms in total. The fourth-order valence-electron chi connectivity index (χ4n) is 2.37. The molecule has 2 rings (SSSR count). The monoisotopic (exact) mass is 267 g/mol. The Morgan fingerprint density at radius 1 is 1.16 bits per heavy atom. The van der Waals surface area contributed by atoms with Crippen molar-refractivity contribution in [1.82, 2.24) is 5.32 Å². The van der Waals surface area contributed by atoms with Crippen molar-refractivity contribution in [2.24, 2.45) is 0 Å². The Labute approximate surface area is 113 Å². The lowest BCUT2D eigenvalue weighted by atomic mass is 9.95. The molecule has 3 N–H and O–H groups in total. The molecule has 0 bridgehead atoms. The number of phenolic OH excluding ortho intramolecular Hbond substituents is 2. The van der Waals surface area contributed by atoms with Crippen LogP contribution in [-0.2, 0) is 22.4 Å². The minimum Gasteiger partial charge on any atom is -0.504 e. The van der Waals surface area contributed by atoms with Crippen LogP contribution in [0.1, 0.15) is 25.0 Å². The zero-order valence-corrected chi connectivity index (χ0v) is 11.3. The molecular weight excluding hydrogens is 246 g/mol. The van der Waals surface area contributed by atoms with Crippen molar-refractivity contribution in [1.29, 1.82) is 0 Å². The molecule has 0 fully saturated rings. The Morgan fingerprint density at radius 2 is 1.74 bits per heavy atom. The van der Waals surface area contributed by atoms with Crippen LogP contribution in [0.4, 0.5) is 0 Å². The SMILES string of the molecule is CCOC(OCC)C1Cc2cc(O)c(O)cc2CN1. The Balaban J connectivity index is 2.14. The molecule has 0 amide bonds. The van der Waals surface area contributed by atoms with Crippen LogP contribution in [0.5, 0.6) is 11.5 Å². The van der Waals surface area contributed by atoms with Crippen molar-refractivity contribution in [3.05, 3.63) is 23.3 Å². The number of fused-ring (bicyclic) bond motifs is 1. The number of hydrogen-bond donors (Lipinski definition) is 3. The lowest BCUT2D eigenvalue weighted by Gasteiger charge is -2.32. The summed E-state index contributed by atoms with van der Waals surface area (Å²) in [5.41, 5.74) is 2.02. The van der Waals surface area contributed by atoms with Gasteiger partial charge in [-0.25, -0.2) is 0 Å². The van der Waals surface area contributed by atoms with E-state index in [-0.39, 0.29) is 23.8 Å². The van der Waals surface area contributed by atoms with Gasteiger partial charge in [-0.15, -0.1) is 0 Å². The number of benzene rings is 1. The van der Waals surface area contributed by atoms with Gasteiger partial charge in [0, 0.05) is 19.8 Å². The first-order chi connectivity index (χ1) is 9.15. The molecule has 5 heteroatoms. The second kappa shape index (κ2) is 6.23. The Hall–Kier alpha value is -1.30. The van der Waals surface area contributed by atoms with Crippen molar-refractivity contribution in [3.63, 3.8) is 0 Å². The van der Waals surface area contributed by atoms with Crippen LogP contribution >= 0.6 is 0 Å². The van der Waals surface area contributed by atoms with E-state index in [2.05, 4.69) is 5.32 Å². The predicted molar refractivity (Wildman–Crippen MR) is 71.1 cm³/mol. The van der Waals surface area contributed by atoms with Gasteiger partial charge in [0.15, 0.2) is 17.8 Å². The van der Waals surface area contributed by atoms with E-state index >= 15 is 0 Å². The number of hydrogen-bond acceptors (Lipinski definition) is 5. The third kappa shape index (κ3) is 3.18. The summed E-state index contributed by atoms with van der Waals surface area (Å²) in [6, 6.07) is 3.27. The molecule has 106 valence electrons. The average molecular weight is 267 g/mol. The molecule has 1 heterocycles. The second-order valence-corrected chi connectivity index (χ2v) is 4.58. The predicted octanol–water partition coefficient (Wildman–Crippen LogP) is 1.51. The van der Waals surface area contributed by atoms with Gasteiger partial charge in [0.2, 0.25) is 0 Å². The summed E-state index contributed by atoms with van der Waals surface area (Å²) < 4.78 is 11.2. The summed E-state index contributed by atoms with van der Waals surface area (Å²) in [6.45, 7) is 5.69. The van der Waals surface area contributed by atoms with Gasteiger partial charge in [0.05, 0.1) is 6.04 Å². The van der Waals surface area contributed by atoms with Crippen LogP contribution in [0, 0.1) is 0 Å². The van der Waals surface area contributed by atoms with Crippen LogP contribution in [0.2, 0.25) is 0 Å². The van der Waals surface area contributed by atoms with E-state index in [1.54, 1.807) is 12.1 Å². The largest absolute Gasteiger partial charge is 0.504 e. The molecule has 0 saturated carbocycles. The summed E-state index contributed by atoms with van der Waals surface area (Å²) in [6.07, 6.45) is 0.410. The summed E-state index contributed by atoms with van der Waals surface area (Å²) in [5, 5.41) is 22.4. The molecule has 0 saturated heterocycles. The van der Waals surface area contributed by atoms with Gasteiger partial charge in [0.25, 0.3) is 0 Å². The first-order valence-corrected chi connectivity index (χ1v) is 6.66. The third-order valence-corrected chi connectivity index (χ3v) is 3.28. The molecule has 1 aliphatic heterocycles. The van der Waals surface area contributed by atoms with E-state index < -0.39 is 0 Å².